The molecule has 1 heterocycles. The van der Waals surface area contributed by atoms with E-state index in [0.717, 1.165) is 13.1 Å². The fraction of sp³-hybridized carbons (Fsp3) is 1.00. The summed E-state index contributed by atoms with van der Waals surface area (Å²) in [6, 6.07) is 3.91. The average molecular weight is 202 g/mol. The molecule has 1 saturated heterocycles. The van der Waals surface area contributed by atoms with Crippen LogP contribution in [0.3, 0.4) is 0 Å². The minimum atomic E-state index is -1.62. The van der Waals surface area contributed by atoms with E-state index in [1.165, 1.54) is 24.6 Å². The van der Waals surface area contributed by atoms with Gasteiger partial charge in [0, 0.05) is 0 Å². The van der Waals surface area contributed by atoms with Crippen molar-refractivity contribution in [1.29, 1.82) is 0 Å². The topological polar surface area (TPSA) is 21.3 Å². The van der Waals surface area contributed by atoms with Gasteiger partial charge in [-0.05, 0) is 0 Å². The van der Waals surface area contributed by atoms with Crippen molar-refractivity contribution >= 4 is 8.32 Å². The van der Waals surface area contributed by atoms with Crippen molar-refractivity contribution in [2.45, 2.75) is 51.4 Å². The monoisotopic (exact) mass is 202 g/mol. The maximum atomic E-state index is 6.35. The molecule has 0 saturated carbocycles. The second kappa shape index (κ2) is 5.13. The molecule has 0 bridgehead atoms. The van der Waals surface area contributed by atoms with Crippen LogP contribution in [0.2, 0.25) is 18.1 Å². The summed E-state index contributed by atoms with van der Waals surface area (Å²) >= 11 is 0. The molecule has 0 radical (unpaired) electrons. The van der Waals surface area contributed by atoms with Gasteiger partial charge in [-0.3, -0.25) is 0 Å². The summed E-state index contributed by atoms with van der Waals surface area (Å²) in [7, 11) is -1.62. The third kappa shape index (κ3) is 2.79. The van der Waals surface area contributed by atoms with Crippen molar-refractivity contribution in [3.05, 3.63) is 0 Å². The van der Waals surface area contributed by atoms with Gasteiger partial charge in [-0.1, -0.05) is 0 Å². The van der Waals surface area contributed by atoms with Gasteiger partial charge in [0.05, 0.1) is 0 Å². The third-order valence-corrected chi connectivity index (χ3v) is 9.15. The summed E-state index contributed by atoms with van der Waals surface area (Å²) in [6.07, 6.45) is 1.76. The Balaban J connectivity index is 2.44. The van der Waals surface area contributed by atoms with Crippen LogP contribution in [0, 0.1) is 0 Å². The van der Waals surface area contributed by atoms with Crippen LogP contribution in [0.5, 0.6) is 0 Å². The van der Waals surface area contributed by atoms with Crippen LogP contribution in [-0.2, 0) is 4.43 Å². The molecule has 1 N–H and O–H groups in total. The van der Waals surface area contributed by atoms with Crippen molar-refractivity contribution in [2.24, 2.45) is 0 Å². The summed E-state index contributed by atoms with van der Waals surface area (Å²) in [5.41, 5.74) is 0. The van der Waals surface area contributed by atoms with Crippen LogP contribution in [-0.4, -0.2) is 27.5 Å². The normalized spacial score (nSPS) is 25.0. The molecule has 0 spiro atoms. The minimum absolute atomic E-state index is 0.532. The predicted octanol–water partition coefficient (Wildman–Crippen LogP) is 2.10. The third-order valence-electron chi connectivity index (χ3n) is 3.73. The molecule has 0 amide bonds. The van der Waals surface area contributed by atoms with E-state index in [1.54, 1.807) is 0 Å². The van der Waals surface area contributed by atoms with Crippen LogP contribution in [0.15, 0.2) is 0 Å². The molecule has 1 aliphatic rings. The zero-order chi connectivity index (χ0) is 9.73. The molecule has 1 rings (SSSR count). The molecule has 0 unspecified atom stereocenters. The van der Waals surface area contributed by atoms with E-state index in [2.05, 4.69) is 26.1 Å². The summed E-state index contributed by atoms with van der Waals surface area (Å²) in [6.45, 7) is 9.15. The first-order valence-corrected chi connectivity index (χ1v) is 8.76. The van der Waals surface area contributed by atoms with Gasteiger partial charge < -0.3 is 0 Å². The number of hydrogen-bond donors (Lipinski definition) is 1. The molecule has 2 nitrogen and oxygen atoms in total. The van der Waals surface area contributed by atoms with E-state index in [9.17, 15) is 0 Å². The van der Waals surface area contributed by atoms with Gasteiger partial charge in [0.1, 0.15) is 0 Å². The summed E-state index contributed by atoms with van der Waals surface area (Å²) < 4.78 is 6.35. The Labute approximate surface area is 83.2 Å². The van der Waals surface area contributed by atoms with Crippen LogP contribution < -0.4 is 5.32 Å². The maximum absolute atomic E-state index is 6.35. The van der Waals surface area contributed by atoms with Crippen molar-refractivity contribution in [3.8, 4) is 0 Å². The summed E-state index contributed by atoms with van der Waals surface area (Å²) in [4.78, 5) is 0. The van der Waals surface area contributed by atoms with Crippen LogP contribution >= 0.6 is 0 Å². The standard InChI is InChI=1S/C10H24NOSi/c1-4-13(5-2,6-3)12-10-7-8-11-9-10/h10-11,13H,4-9H2,1-3H3/q-1/t10-/m1/s1. The molecule has 1 fully saturated rings. The molecule has 3 heteroatoms. The summed E-state index contributed by atoms with van der Waals surface area (Å²) in [5, 5.41) is 3.37. The van der Waals surface area contributed by atoms with Crippen molar-refractivity contribution in [3.63, 3.8) is 0 Å². The zero-order valence-corrected chi connectivity index (χ0v) is 10.5. The molecular formula is C10H24NOSi-. The quantitative estimate of drug-likeness (QED) is 0.689. The van der Waals surface area contributed by atoms with E-state index in [1.807, 2.05) is 0 Å². The first-order chi connectivity index (χ1) is 6.26. The average Bonchev–Trinajstić information content (AvgIpc) is 2.67. The van der Waals surface area contributed by atoms with Crippen molar-refractivity contribution < 1.29 is 4.43 Å². The molecule has 0 aromatic carbocycles. The molecule has 0 aromatic rings. The molecule has 1 atom stereocenters. The molecule has 0 aromatic heterocycles. The Morgan fingerprint density at radius 2 is 1.85 bits per heavy atom. The van der Waals surface area contributed by atoms with Gasteiger partial charge in [-0.15, -0.1) is 0 Å². The molecule has 0 aliphatic carbocycles. The number of hydrogen-bond acceptors (Lipinski definition) is 2. The van der Waals surface area contributed by atoms with Gasteiger partial charge in [0.15, 0.2) is 0 Å². The Hall–Kier alpha value is 0.137. The SMILES string of the molecule is CC[SiH-](CC)(CC)O[C@@H]1CCNC1. The van der Waals surface area contributed by atoms with Crippen molar-refractivity contribution in [1.82, 2.24) is 5.32 Å². The Morgan fingerprint density at radius 1 is 1.23 bits per heavy atom. The molecule has 80 valence electrons. The first-order valence-electron chi connectivity index (χ1n) is 5.84. The Morgan fingerprint density at radius 3 is 2.23 bits per heavy atom. The van der Waals surface area contributed by atoms with Gasteiger partial charge >= 0.3 is 82.6 Å². The Kier molecular flexibility index (Phi) is 4.42. The number of rotatable bonds is 5. The predicted molar refractivity (Wildman–Crippen MR) is 61.0 cm³/mol. The first kappa shape index (κ1) is 11.2. The Bertz CT molecular complexity index is 134. The summed E-state index contributed by atoms with van der Waals surface area (Å²) in [5.74, 6) is 0. The van der Waals surface area contributed by atoms with Gasteiger partial charge in [0.2, 0.25) is 0 Å². The number of nitrogens with one attached hydrogen (secondary N) is 1. The van der Waals surface area contributed by atoms with E-state index >= 15 is 0 Å². The van der Waals surface area contributed by atoms with Crippen LogP contribution in [0.4, 0.5) is 0 Å². The van der Waals surface area contributed by atoms with E-state index in [-0.39, 0.29) is 0 Å². The molecule has 1 aliphatic heterocycles. The van der Waals surface area contributed by atoms with Crippen LogP contribution in [0.25, 0.3) is 0 Å². The van der Waals surface area contributed by atoms with E-state index in [0.29, 0.717) is 6.10 Å². The van der Waals surface area contributed by atoms with Gasteiger partial charge in [-0.2, -0.15) is 0 Å². The second-order valence-corrected chi connectivity index (χ2v) is 9.80. The molecular weight excluding hydrogens is 178 g/mol. The van der Waals surface area contributed by atoms with Crippen LogP contribution in [0.1, 0.15) is 27.2 Å². The molecule has 13 heavy (non-hydrogen) atoms. The van der Waals surface area contributed by atoms with Gasteiger partial charge in [0.25, 0.3) is 0 Å². The van der Waals surface area contributed by atoms with Crippen molar-refractivity contribution in [2.75, 3.05) is 13.1 Å². The fourth-order valence-electron chi connectivity index (χ4n) is 2.31. The fourth-order valence-corrected chi connectivity index (χ4v) is 5.67. The zero-order valence-electron chi connectivity index (χ0n) is 9.31. The van der Waals surface area contributed by atoms with E-state index in [4.69, 9.17) is 4.43 Å². The second-order valence-electron chi connectivity index (χ2n) is 4.34. The van der Waals surface area contributed by atoms with Gasteiger partial charge in [-0.25, -0.2) is 0 Å². The van der Waals surface area contributed by atoms with E-state index < -0.39 is 8.32 Å².